The lowest BCUT2D eigenvalue weighted by atomic mass is 9.98. The number of carbonyl (C=O) groups excluding carboxylic acids is 1. The van der Waals surface area contributed by atoms with E-state index in [2.05, 4.69) is 15.2 Å². The number of carbonyl (C=O) groups is 1. The minimum Gasteiger partial charge on any atom is -0.493 e. The third kappa shape index (κ3) is 5.44. The van der Waals surface area contributed by atoms with E-state index in [9.17, 15) is 4.79 Å². The van der Waals surface area contributed by atoms with Crippen molar-refractivity contribution in [2.45, 2.75) is 19.4 Å². The van der Waals surface area contributed by atoms with Gasteiger partial charge in [0.05, 0.1) is 12.6 Å². The monoisotopic (exact) mass is 375 g/mol. The number of piperidine rings is 1. The van der Waals surface area contributed by atoms with Crippen LogP contribution in [0, 0.1) is 5.92 Å². The number of amides is 1. The van der Waals surface area contributed by atoms with E-state index in [4.69, 9.17) is 9.47 Å². The molecule has 3 rings (SSSR count). The Kier molecular flexibility index (Phi) is 6.85. The number of rotatable bonds is 8. The van der Waals surface area contributed by atoms with Crippen LogP contribution in [-0.4, -0.2) is 49.1 Å². The average Bonchev–Trinajstić information content (AvgIpc) is 3.18. The average molecular weight is 375 g/mol. The molecule has 140 valence electrons. The van der Waals surface area contributed by atoms with Crippen molar-refractivity contribution >= 4 is 17.2 Å². The summed E-state index contributed by atoms with van der Waals surface area (Å²) in [5.74, 6) is 1.59. The second-order valence-corrected chi connectivity index (χ2v) is 7.43. The van der Waals surface area contributed by atoms with Crippen LogP contribution in [0.15, 0.2) is 36.0 Å². The fraction of sp³-hybridized carbons (Fsp3) is 0.474. The Balaban J connectivity index is 1.39. The first-order valence-electron chi connectivity index (χ1n) is 8.87. The van der Waals surface area contributed by atoms with Crippen molar-refractivity contribution in [1.29, 1.82) is 0 Å². The second kappa shape index (κ2) is 9.54. The zero-order valence-corrected chi connectivity index (χ0v) is 15.8. The largest absolute Gasteiger partial charge is 0.493 e. The van der Waals surface area contributed by atoms with Crippen LogP contribution in [0.4, 0.5) is 0 Å². The number of likely N-dealkylation sites (tertiary alicyclic amines) is 1. The molecule has 1 aliphatic rings. The van der Waals surface area contributed by atoms with Crippen molar-refractivity contribution in [2.24, 2.45) is 5.92 Å². The van der Waals surface area contributed by atoms with E-state index in [0.29, 0.717) is 24.0 Å². The minimum absolute atomic E-state index is 0.00231. The second-order valence-electron chi connectivity index (χ2n) is 6.45. The number of hydrogen-bond donors (Lipinski definition) is 1. The van der Waals surface area contributed by atoms with E-state index in [0.717, 1.165) is 32.5 Å². The van der Waals surface area contributed by atoms with Gasteiger partial charge in [0, 0.05) is 30.7 Å². The van der Waals surface area contributed by atoms with Gasteiger partial charge in [0.15, 0.2) is 18.1 Å². The number of aromatic nitrogens is 1. The number of para-hydroxylation sites is 2. The third-order valence-corrected chi connectivity index (χ3v) is 5.25. The lowest BCUT2D eigenvalue weighted by Crippen LogP contribution is -2.41. The minimum atomic E-state index is -0.101. The van der Waals surface area contributed by atoms with Crippen molar-refractivity contribution in [2.75, 3.05) is 33.4 Å². The van der Waals surface area contributed by atoms with Crippen LogP contribution < -0.4 is 14.8 Å². The molecule has 1 saturated heterocycles. The quantitative estimate of drug-likeness (QED) is 0.768. The van der Waals surface area contributed by atoms with Gasteiger partial charge in [-0.25, -0.2) is 0 Å². The molecule has 26 heavy (non-hydrogen) atoms. The highest BCUT2D eigenvalue weighted by Gasteiger charge is 2.21. The summed E-state index contributed by atoms with van der Waals surface area (Å²) in [5.41, 5.74) is 1.87. The number of nitrogens with zero attached hydrogens (tertiary/aromatic N) is 2. The van der Waals surface area contributed by atoms with E-state index < -0.39 is 0 Å². The van der Waals surface area contributed by atoms with E-state index >= 15 is 0 Å². The highest BCUT2D eigenvalue weighted by molar-refractivity contribution is 7.09. The van der Waals surface area contributed by atoms with E-state index in [1.807, 2.05) is 29.9 Å². The maximum absolute atomic E-state index is 12.1. The van der Waals surface area contributed by atoms with E-state index in [1.54, 1.807) is 24.5 Å². The molecule has 6 nitrogen and oxygen atoms in total. The van der Waals surface area contributed by atoms with Gasteiger partial charge in [-0.15, -0.1) is 11.3 Å². The summed E-state index contributed by atoms with van der Waals surface area (Å²) in [6, 6.07) is 7.33. The molecule has 0 spiro atoms. The number of hydrogen-bond acceptors (Lipinski definition) is 6. The molecule has 1 fully saturated rings. The smallest absolute Gasteiger partial charge is 0.257 e. The molecule has 0 unspecified atom stereocenters. The fourth-order valence-electron chi connectivity index (χ4n) is 3.19. The van der Waals surface area contributed by atoms with Crippen LogP contribution >= 0.6 is 11.3 Å². The standard InChI is InChI=1S/C19H25N3O3S/c1-24-17-6-2-3-7-18(17)25-13-19(23)21-9-15-5-4-8-22(11-15)12-16-10-20-14-26-16/h2-3,6-7,10,14-15H,4-5,8-9,11-13H2,1H3,(H,21,23)/t15-/m1/s1. The van der Waals surface area contributed by atoms with Crippen molar-refractivity contribution < 1.29 is 14.3 Å². The third-order valence-electron chi connectivity index (χ3n) is 4.48. The Morgan fingerprint density at radius 2 is 2.23 bits per heavy atom. The molecule has 1 aliphatic heterocycles. The Labute approximate surface area is 158 Å². The van der Waals surface area contributed by atoms with Gasteiger partial charge in [-0.05, 0) is 37.4 Å². The summed E-state index contributed by atoms with van der Waals surface area (Å²) < 4.78 is 10.8. The Hall–Kier alpha value is -2.12. The predicted octanol–water partition coefficient (Wildman–Crippen LogP) is 2.56. The summed E-state index contributed by atoms with van der Waals surface area (Å²) in [7, 11) is 1.59. The molecule has 1 aromatic carbocycles. The molecular formula is C19H25N3O3S. The summed E-state index contributed by atoms with van der Waals surface area (Å²) in [6.45, 7) is 3.75. The molecule has 1 atom stereocenters. The van der Waals surface area contributed by atoms with Crippen LogP contribution in [0.5, 0.6) is 11.5 Å². The van der Waals surface area contributed by atoms with Crippen LogP contribution in [0.2, 0.25) is 0 Å². The maximum Gasteiger partial charge on any atom is 0.257 e. The van der Waals surface area contributed by atoms with Crippen molar-refractivity contribution in [3.8, 4) is 11.5 Å². The summed E-state index contributed by atoms with van der Waals surface area (Å²) in [6.07, 6.45) is 4.25. The van der Waals surface area contributed by atoms with Crippen molar-refractivity contribution in [3.63, 3.8) is 0 Å². The zero-order chi connectivity index (χ0) is 18.2. The molecule has 7 heteroatoms. The number of methoxy groups -OCH3 is 1. The Morgan fingerprint density at radius 1 is 1.38 bits per heavy atom. The van der Waals surface area contributed by atoms with Crippen LogP contribution in [-0.2, 0) is 11.3 Å². The van der Waals surface area contributed by atoms with E-state index in [-0.39, 0.29) is 12.5 Å². The summed E-state index contributed by atoms with van der Waals surface area (Å²) >= 11 is 1.69. The van der Waals surface area contributed by atoms with Gasteiger partial charge in [-0.3, -0.25) is 14.7 Å². The van der Waals surface area contributed by atoms with Gasteiger partial charge in [-0.2, -0.15) is 0 Å². The number of nitrogens with one attached hydrogen (secondary N) is 1. The topological polar surface area (TPSA) is 63.7 Å². The number of benzene rings is 1. The molecule has 0 radical (unpaired) electrons. The molecule has 1 amide bonds. The molecule has 0 saturated carbocycles. The van der Waals surface area contributed by atoms with Crippen molar-refractivity contribution in [3.05, 3.63) is 40.8 Å². The molecular weight excluding hydrogens is 350 g/mol. The maximum atomic E-state index is 12.1. The highest BCUT2D eigenvalue weighted by Crippen LogP contribution is 2.25. The van der Waals surface area contributed by atoms with Crippen LogP contribution in [0.3, 0.4) is 0 Å². The Bertz CT molecular complexity index is 693. The number of thiazole rings is 1. The van der Waals surface area contributed by atoms with Crippen LogP contribution in [0.1, 0.15) is 17.7 Å². The predicted molar refractivity (Wildman–Crippen MR) is 102 cm³/mol. The zero-order valence-electron chi connectivity index (χ0n) is 15.0. The lowest BCUT2D eigenvalue weighted by molar-refractivity contribution is -0.123. The van der Waals surface area contributed by atoms with E-state index in [1.165, 1.54) is 4.88 Å². The van der Waals surface area contributed by atoms with Gasteiger partial charge in [0.1, 0.15) is 0 Å². The first kappa shape index (κ1) is 18.7. The fourth-order valence-corrected chi connectivity index (χ4v) is 3.83. The molecule has 0 aliphatic carbocycles. The van der Waals surface area contributed by atoms with Gasteiger partial charge in [-0.1, -0.05) is 12.1 Å². The van der Waals surface area contributed by atoms with Gasteiger partial charge < -0.3 is 14.8 Å². The van der Waals surface area contributed by atoms with Crippen molar-refractivity contribution in [1.82, 2.24) is 15.2 Å². The summed E-state index contributed by atoms with van der Waals surface area (Å²) in [5, 5.41) is 3.00. The molecule has 1 N–H and O–H groups in total. The normalized spacial score (nSPS) is 17.7. The number of ether oxygens (including phenoxy) is 2. The van der Waals surface area contributed by atoms with Crippen LogP contribution in [0.25, 0.3) is 0 Å². The highest BCUT2D eigenvalue weighted by atomic mass is 32.1. The molecule has 2 heterocycles. The first-order chi connectivity index (χ1) is 12.7. The molecule has 2 aromatic rings. The van der Waals surface area contributed by atoms with Gasteiger partial charge >= 0.3 is 0 Å². The van der Waals surface area contributed by atoms with Gasteiger partial charge in [0.25, 0.3) is 5.91 Å². The molecule has 0 bridgehead atoms. The SMILES string of the molecule is COc1ccccc1OCC(=O)NC[C@H]1CCCN(Cc2cncs2)C1. The lowest BCUT2D eigenvalue weighted by Gasteiger charge is -2.32. The van der Waals surface area contributed by atoms with Gasteiger partial charge in [0.2, 0.25) is 0 Å². The Morgan fingerprint density at radius 3 is 3.00 bits per heavy atom. The first-order valence-corrected chi connectivity index (χ1v) is 9.75. The molecule has 1 aromatic heterocycles. The summed E-state index contributed by atoms with van der Waals surface area (Å²) in [4.78, 5) is 20.0.